The molecule has 0 bridgehead atoms. The van der Waals surface area contributed by atoms with Crippen molar-refractivity contribution < 1.29 is 76.6 Å². The SMILES string of the molecule is CCOC(=O)CCC[C@@H](C)[C@H]1ON(C(=O)[C@H](C(C)C)N(C)C(=O)[C@H](CC(C)C)N(C)C(=O)[C@H](CC(C)C)N(C)C(=O)[C@@H](C)NC(=O)[C@H](C)CC(=O)[C@H](CC(C)C)N(C)C(=O)[C@@H](CC(=O)[C@H]([C@@H](C)OCCCCN2CCOCC2)N(C)C(=O)CC)C(C)C)[C@@H]1C(=O)N[C@@H](CC)C(=O)N(C)C. The summed E-state index contributed by atoms with van der Waals surface area (Å²) in [6, 6.07) is -8.75. The van der Waals surface area contributed by atoms with Crippen molar-refractivity contribution in [2.45, 2.75) is 255 Å². The Morgan fingerprint density at radius 1 is 0.566 bits per heavy atom. The smallest absolute Gasteiger partial charge is 0.305 e. The van der Waals surface area contributed by atoms with E-state index < -0.39 is 120 Å². The second-order valence-corrected chi connectivity index (χ2v) is 29.8. The quantitative estimate of drug-likeness (QED) is 0.0519. The first-order valence-corrected chi connectivity index (χ1v) is 36.5. The molecule has 9 amide bonds. The maximum absolute atomic E-state index is 15.1. The number of hydrogen-bond donors (Lipinski definition) is 2. The van der Waals surface area contributed by atoms with Gasteiger partial charge < -0.3 is 54.2 Å². The van der Waals surface area contributed by atoms with Crippen LogP contribution in [0.3, 0.4) is 0 Å². The molecule has 2 fully saturated rings. The van der Waals surface area contributed by atoms with Crippen molar-refractivity contribution in [1.82, 2.24) is 50.0 Å². The van der Waals surface area contributed by atoms with Gasteiger partial charge in [0.15, 0.2) is 17.6 Å². The van der Waals surface area contributed by atoms with Crippen LogP contribution in [0.4, 0.5) is 0 Å². The first-order chi connectivity index (χ1) is 46.2. The number of Topliss-reactive ketones (excluding diaryl/α,β-unsaturated/α-hetero) is 2. The van der Waals surface area contributed by atoms with Crippen molar-refractivity contribution in [3.63, 3.8) is 0 Å². The number of esters is 1. The number of carbonyl (C=O) groups excluding carboxylic acids is 12. The van der Waals surface area contributed by atoms with Crippen LogP contribution in [-0.4, -0.2) is 266 Å². The van der Waals surface area contributed by atoms with E-state index in [2.05, 4.69) is 15.5 Å². The lowest BCUT2D eigenvalue weighted by Crippen LogP contribution is -2.71. The van der Waals surface area contributed by atoms with Crippen molar-refractivity contribution in [1.29, 1.82) is 0 Å². The molecule has 2 heterocycles. The minimum Gasteiger partial charge on any atom is -0.466 e. The van der Waals surface area contributed by atoms with Gasteiger partial charge in [0.1, 0.15) is 42.4 Å². The van der Waals surface area contributed by atoms with Crippen LogP contribution in [0.15, 0.2) is 0 Å². The molecule has 13 atom stereocenters. The van der Waals surface area contributed by atoms with Gasteiger partial charge in [-0.25, -0.2) is 5.06 Å². The Labute approximate surface area is 593 Å². The van der Waals surface area contributed by atoms with E-state index in [0.717, 1.165) is 37.5 Å². The van der Waals surface area contributed by atoms with Gasteiger partial charge >= 0.3 is 5.97 Å². The molecule has 0 aliphatic carbocycles. The maximum Gasteiger partial charge on any atom is 0.305 e. The first-order valence-electron chi connectivity index (χ1n) is 36.5. The molecule has 0 spiro atoms. The molecule has 99 heavy (non-hydrogen) atoms. The highest BCUT2D eigenvalue weighted by Crippen LogP contribution is 2.35. The lowest BCUT2D eigenvalue weighted by molar-refractivity contribution is -0.322. The van der Waals surface area contributed by atoms with Crippen LogP contribution in [0.1, 0.15) is 195 Å². The lowest BCUT2D eigenvalue weighted by Gasteiger charge is -2.50. The van der Waals surface area contributed by atoms with Crippen molar-refractivity contribution >= 4 is 70.7 Å². The van der Waals surface area contributed by atoms with E-state index in [1.54, 1.807) is 69.6 Å². The number of unbranched alkanes of at least 4 members (excludes halogenated alkanes) is 1. The van der Waals surface area contributed by atoms with E-state index in [1.807, 2.05) is 62.3 Å². The largest absolute Gasteiger partial charge is 0.466 e. The monoisotopic (exact) mass is 1400 g/mol. The number of morpholine rings is 1. The fourth-order valence-corrected chi connectivity index (χ4v) is 13.1. The number of hydroxylamine groups is 2. The van der Waals surface area contributed by atoms with Gasteiger partial charge in [0.2, 0.25) is 47.3 Å². The number of ketones is 2. The third-order valence-corrected chi connectivity index (χ3v) is 19.2. The molecule has 0 aromatic heterocycles. The second-order valence-electron chi connectivity index (χ2n) is 29.8. The summed E-state index contributed by atoms with van der Waals surface area (Å²) in [6.45, 7) is 35.1. The van der Waals surface area contributed by atoms with Gasteiger partial charge in [-0.3, -0.25) is 67.3 Å². The topological polar surface area (TPSA) is 292 Å². The Kier molecular flexibility index (Phi) is 38.6. The third kappa shape index (κ3) is 26.7. The number of nitrogens with zero attached hydrogens (tertiary/aromatic N) is 8. The molecular weight excluding hydrogens is 1270 g/mol. The molecule has 0 aromatic carbocycles. The Balaban J connectivity index is 2.39. The van der Waals surface area contributed by atoms with E-state index in [-0.39, 0.29) is 117 Å². The lowest BCUT2D eigenvalue weighted by atomic mass is 9.85. The van der Waals surface area contributed by atoms with Crippen LogP contribution < -0.4 is 10.6 Å². The fraction of sp³-hybridized carbons (Fsp3) is 0.836. The highest BCUT2D eigenvalue weighted by molar-refractivity contribution is 5.99. The number of carbonyl (C=O) groups is 12. The fourth-order valence-electron chi connectivity index (χ4n) is 13.1. The molecule has 0 aromatic rings. The molecule has 26 heteroatoms. The number of likely N-dealkylation sites (N-methyl/N-ethyl adjacent to an activating group) is 6. The number of hydrogen-bond acceptors (Lipinski definition) is 17. The van der Waals surface area contributed by atoms with Crippen molar-refractivity contribution in [2.24, 2.45) is 47.3 Å². The third-order valence-electron chi connectivity index (χ3n) is 19.2. The number of rotatable bonds is 44. The molecule has 0 saturated carbocycles. The summed E-state index contributed by atoms with van der Waals surface area (Å²) in [6.07, 6.45) is 1.65. The Morgan fingerprint density at radius 2 is 1.10 bits per heavy atom. The van der Waals surface area contributed by atoms with Crippen molar-refractivity contribution in [3.8, 4) is 0 Å². The van der Waals surface area contributed by atoms with Gasteiger partial charge in [-0.1, -0.05) is 96.9 Å². The van der Waals surface area contributed by atoms with Crippen molar-refractivity contribution in [2.75, 3.05) is 95.4 Å². The van der Waals surface area contributed by atoms with Gasteiger partial charge in [0.05, 0.1) is 32.0 Å². The molecule has 0 radical (unpaired) electrons. The van der Waals surface area contributed by atoms with Crippen LogP contribution in [-0.2, 0) is 76.6 Å². The number of ether oxygens (including phenoxy) is 3. The maximum atomic E-state index is 15.1. The Hall–Kier alpha value is -6.12. The summed E-state index contributed by atoms with van der Waals surface area (Å²) in [5.74, 6) is -9.27. The van der Waals surface area contributed by atoms with Gasteiger partial charge in [0.25, 0.3) is 5.91 Å². The van der Waals surface area contributed by atoms with Crippen LogP contribution in [0.2, 0.25) is 0 Å². The number of amides is 9. The van der Waals surface area contributed by atoms with Gasteiger partial charge in [-0.15, -0.1) is 0 Å². The summed E-state index contributed by atoms with van der Waals surface area (Å²) in [5.41, 5.74) is 0. The molecule has 2 N–H and O–H groups in total. The van der Waals surface area contributed by atoms with Crippen LogP contribution in [0.5, 0.6) is 0 Å². The normalized spacial score (nSPS) is 18.3. The van der Waals surface area contributed by atoms with Crippen molar-refractivity contribution in [3.05, 3.63) is 0 Å². The first kappa shape index (κ1) is 89.0. The van der Waals surface area contributed by atoms with E-state index >= 15 is 9.59 Å². The molecule has 0 unspecified atom stereocenters. The predicted molar refractivity (Wildman–Crippen MR) is 379 cm³/mol. The average molecular weight is 1400 g/mol. The highest BCUT2D eigenvalue weighted by atomic mass is 16.7. The molecule has 568 valence electrons. The molecule has 2 aliphatic heterocycles. The molecule has 2 saturated heterocycles. The Bertz CT molecular complexity index is 2650. The van der Waals surface area contributed by atoms with Crippen LogP contribution >= 0.6 is 0 Å². The minimum absolute atomic E-state index is 0.0649. The van der Waals surface area contributed by atoms with E-state index in [4.69, 9.17) is 19.0 Å². The minimum atomic E-state index is -1.22. The summed E-state index contributed by atoms with van der Waals surface area (Å²) in [4.78, 5) is 187. The van der Waals surface area contributed by atoms with Gasteiger partial charge in [-0.2, -0.15) is 0 Å². The highest BCUT2D eigenvalue weighted by Gasteiger charge is 2.54. The number of nitrogens with one attached hydrogen (secondary N) is 2. The van der Waals surface area contributed by atoms with Crippen LogP contribution in [0, 0.1) is 47.3 Å². The zero-order chi connectivity index (χ0) is 75.6. The summed E-state index contributed by atoms with van der Waals surface area (Å²) in [7, 11) is 10.7. The predicted octanol–water partition coefficient (Wildman–Crippen LogP) is 6.04. The van der Waals surface area contributed by atoms with E-state index in [1.165, 1.54) is 64.5 Å². The summed E-state index contributed by atoms with van der Waals surface area (Å²) < 4.78 is 16.8. The zero-order valence-corrected chi connectivity index (χ0v) is 64.9. The summed E-state index contributed by atoms with van der Waals surface area (Å²) in [5, 5.41) is 6.54. The molecule has 2 aliphatic rings. The Morgan fingerprint density at radius 3 is 1.61 bits per heavy atom. The zero-order valence-electron chi connectivity index (χ0n) is 64.9. The average Bonchev–Trinajstić information content (AvgIpc) is 0.754. The van der Waals surface area contributed by atoms with E-state index in [0.29, 0.717) is 32.7 Å². The van der Waals surface area contributed by atoms with Crippen LogP contribution in [0.25, 0.3) is 0 Å². The molecule has 26 nitrogen and oxygen atoms in total. The molecular formula is C73H130N10O16. The van der Waals surface area contributed by atoms with Gasteiger partial charge in [-0.05, 0) is 114 Å². The summed E-state index contributed by atoms with van der Waals surface area (Å²) >= 11 is 0. The molecule has 2 rings (SSSR count). The van der Waals surface area contributed by atoms with E-state index in [9.17, 15) is 47.9 Å². The standard InChI is InChI=1S/C73H130N10O16/c1-25-54(70(92)76(18)19)75-67(89)64-65(49(14)31-30-32-61(87)97-27-3)99-83(64)73(95)62(48(12)13)81(24)72(94)57(41-46(8)9)79(22)71(93)56(40-45(6)7)78(21)68(90)51(16)74-66(88)50(15)42-58(84)55(39-44(4)5)77(20)69(91)53(47(10)11)43-59(85)63(80(23)60(86)26-2)52(17)98-36-29-28-33-82-34-37-96-38-35-82/h44-57,62-65H,25-43H2,1-24H3,(H,74,88)(H,75,89)/t49-,50-,51-,52-,53+,54+,55+,56+,57+,62+,63+,64+,65-/m1/s1. The second kappa shape index (κ2) is 43.0. The van der Waals surface area contributed by atoms with Gasteiger partial charge in [0, 0.05) is 107 Å².